The normalized spacial score (nSPS) is 17.5. The molecule has 138 valence electrons. The molecular formula is C17H17ClF2N4O2. The average molecular weight is 383 g/mol. The molecular weight excluding hydrogens is 366 g/mol. The molecule has 0 radical (unpaired) electrons. The number of pyridine rings is 2. The van der Waals surface area contributed by atoms with Crippen molar-refractivity contribution in [1.82, 2.24) is 14.9 Å². The lowest BCUT2D eigenvalue weighted by Crippen LogP contribution is -2.30. The summed E-state index contributed by atoms with van der Waals surface area (Å²) in [6, 6.07) is 2.57. The van der Waals surface area contributed by atoms with Crippen molar-refractivity contribution in [3.05, 3.63) is 46.2 Å². The molecule has 2 N–H and O–H groups in total. The van der Waals surface area contributed by atoms with Crippen LogP contribution in [0.25, 0.3) is 0 Å². The van der Waals surface area contributed by atoms with Crippen LogP contribution in [-0.4, -0.2) is 33.8 Å². The lowest BCUT2D eigenvalue weighted by Gasteiger charge is -2.29. The van der Waals surface area contributed by atoms with Gasteiger partial charge in [-0.15, -0.1) is 0 Å². The summed E-state index contributed by atoms with van der Waals surface area (Å²) in [7, 11) is 0. The van der Waals surface area contributed by atoms with E-state index < -0.39 is 13.0 Å². The molecule has 3 heterocycles. The van der Waals surface area contributed by atoms with Crippen molar-refractivity contribution in [2.75, 3.05) is 12.3 Å². The molecule has 0 bridgehead atoms. The van der Waals surface area contributed by atoms with E-state index in [1.807, 2.05) is 13.8 Å². The predicted octanol–water partition coefficient (Wildman–Crippen LogP) is 3.63. The number of hydrogen-bond acceptors (Lipinski definition) is 5. The average Bonchev–Trinajstić information content (AvgIpc) is 2.85. The van der Waals surface area contributed by atoms with Gasteiger partial charge in [0.25, 0.3) is 12.3 Å². The molecule has 0 saturated heterocycles. The molecule has 1 aliphatic rings. The van der Waals surface area contributed by atoms with E-state index in [0.717, 1.165) is 0 Å². The molecule has 1 aliphatic heterocycles. The number of alkyl halides is 2. The molecule has 2 unspecified atom stereocenters. The Morgan fingerprint density at radius 1 is 1.42 bits per heavy atom. The van der Waals surface area contributed by atoms with Gasteiger partial charge in [0, 0.05) is 18.0 Å². The van der Waals surface area contributed by atoms with Crippen LogP contribution < -0.4 is 10.5 Å². The Labute approximate surface area is 153 Å². The topological polar surface area (TPSA) is 81.3 Å². The number of ether oxygens (including phenoxy) is 1. The zero-order valence-electron chi connectivity index (χ0n) is 14.1. The van der Waals surface area contributed by atoms with Gasteiger partial charge in [-0.25, -0.2) is 18.7 Å². The van der Waals surface area contributed by atoms with Gasteiger partial charge in [0.1, 0.15) is 10.8 Å². The summed E-state index contributed by atoms with van der Waals surface area (Å²) in [4.78, 5) is 22.5. The van der Waals surface area contributed by atoms with Gasteiger partial charge in [-0.05, 0) is 31.5 Å². The fraction of sp³-hybridized carbons (Fsp3) is 0.353. The summed E-state index contributed by atoms with van der Waals surface area (Å²) in [6.07, 6.45) is 0.342. The van der Waals surface area contributed by atoms with Crippen LogP contribution in [0.15, 0.2) is 24.5 Å². The minimum absolute atomic E-state index is 0.0690. The van der Waals surface area contributed by atoms with Crippen molar-refractivity contribution >= 4 is 23.3 Å². The Balaban J connectivity index is 1.86. The van der Waals surface area contributed by atoms with Crippen LogP contribution in [0.2, 0.25) is 5.02 Å². The summed E-state index contributed by atoms with van der Waals surface area (Å²) in [5.41, 5.74) is 7.79. The van der Waals surface area contributed by atoms with Crippen molar-refractivity contribution in [3.63, 3.8) is 0 Å². The van der Waals surface area contributed by atoms with Gasteiger partial charge in [-0.1, -0.05) is 11.6 Å². The Kier molecular flexibility index (Phi) is 4.95. The SMILES string of the molecule is CC(c1cnc(OCC(F)F)c(Cl)c1)N1C(=O)c2ccnc(N)c2C1C. The first kappa shape index (κ1) is 18.3. The minimum Gasteiger partial charge on any atom is -0.471 e. The number of anilines is 1. The van der Waals surface area contributed by atoms with E-state index >= 15 is 0 Å². The number of carbonyl (C=O) groups excluding carboxylic acids is 1. The van der Waals surface area contributed by atoms with Crippen LogP contribution >= 0.6 is 11.6 Å². The molecule has 2 atom stereocenters. The maximum Gasteiger partial charge on any atom is 0.272 e. The van der Waals surface area contributed by atoms with E-state index in [9.17, 15) is 13.6 Å². The monoisotopic (exact) mass is 382 g/mol. The van der Waals surface area contributed by atoms with E-state index in [1.165, 1.54) is 12.4 Å². The number of hydrogen-bond donors (Lipinski definition) is 1. The number of rotatable bonds is 5. The van der Waals surface area contributed by atoms with E-state index in [4.69, 9.17) is 22.1 Å². The quantitative estimate of drug-likeness (QED) is 0.853. The molecule has 0 fully saturated rings. The van der Waals surface area contributed by atoms with Crippen LogP contribution in [0.1, 0.15) is 47.4 Å². The molecule has 0 aromatic carbocycles. The van der Waals surface area contributed by atoms with Gasteiger partial charge >= 0.3 is 0 Å². The van der Waals surface area contributed by atoms with Crippen LogP contribution in [0.3, 0.4) is 0 Å². The second-order valence-electron chi connectivity index (χ2n) is 5.98. The summed E-state index contributed by atoms with van der Waals surface area (Å²) < 4.78 is 29.4. The summed E-state index contributed by atoms with van der Waals surface area (Å²) >= 11 is 6.08. The third-order valence-electron chi connectivity index (χ3n) is 4.40. The fourth-order valence-electron chi connectivity index (χ4n) is 3.16. The molecule has 0 spiro atoms. The first-order valence-electron chi connectivity index (χ1n) is 7.94. The number of nitrogen functional groups attached to an aromatic ring is 1. The number of carbonyl (C=O) groups is 1. The highest BCUT2D eigenvalue weighted by molar-refractivity contribution is 6.31. The predicted molar refractivity (Wildman–Crippen MR) is 92.4 cm³/mol. The summed E-state index contributed by atoms with van der Waals surface area (Å²) in [6.45, 7) is 2.91. The Hall–Kier alpha value is -2.48. The largest absolute Gasteiger partial charge is 0.471 e. The van der Waals surface area contributed by atoms with E-state index in [0.29, 0.717) is 22.5 Å². The molecule has 2 aromatic heterocycles. The Morgan fingerprint density at radius 2 is 2.15 bits per heavy atom. The first-order chi connectivity index (χ1) is 12.3. The van der Waals surface area contributed by atoms with Crippen LogP contribution in [0.5, 0.6) is 5.88 Å². The van der Waals surface area contributed by atoms with Gasteiger partial charge in [0.15, 0.2) is 6.61 Å². The zero-order chi connectivity index (χ0) is 19.0. The standard InChI is InChI=1S/C17H17ClF2N4O2/c1-8(10-5-12(18)16(23-6-10)26-7-13(19)20)24-9(2)14-11(17(24)25)3-4-22-15(14)21/h3-6,8-9,13H,7H2,1-2H3,(H2,21,22). The highest BCUT2D eigenvalue weighted by Crippen LogP contribution is 2.41. The lowest BCUT2D eigenvalue weighted by atomic mass is 10.1. The third-order valence-corrected chi connectivity index (χ3v) is 4.67. The molecule has 26 heavy (non-hydrogen) atoms. The van der Waals surface area contributed by atoms with E-state index in [2.05, 4.69) is 9.97 Å². The Bertz CT molecular complexity index is 850. The molecule has 0 aliphatic carbocycles. The van der Waals surface area contributed by atoms with E-state index in [1.54, 1.807) is 17.0 Å². The van der Waals surface area contributed by atoms with Crippen molar-refractivity contribution in [2.24, 2.45) is 0 Å². The zero-order valence-corrected chi connectivity index (χ0v) is 14.9. The second kappa shape index (κ2) is 7.03. The van der Waals surface area contributed by atoms with Gasteiger partial charge in [0.2, 0.25) is 5.88 Å². The van der Waals surface area contributed by atoms with Crippen molar-refractivity contribution in [2.45, 2.75) is 32.4 Å². The van der Waals surface area contributed by atoms with Crippen LogP contribution in [0, 0.1) is 0 Å². The number of fused-ring (bicyclic) bond motifs is 1. The number of nitrogens with zero attached hydrogens (tertiary/aromatic N) is 3. The maximum absolute atomic E-state index is 12.8. The van der Waals surface area contributed by atoms with E-state index in [-0.39, 0.29) is 28.9 Å². The van der Waals surface area contributed by atoms with Crippen molar-refractivity contribution in [1.29, 1.82) is 0 Å². The first-order valence-corrected chi connectivity index (χ1v) is 8.32. The fourth-order valence-corrected chi connectivity index (χ4v) is 3.39. The van der Waals surface area contributed by atoms with Crippen LogP contribution in [-0.2, 0) is 0 Å². The molecule has 1 amide bonds. The van der Waals surface area contributed by atoms with Gasteiger partial charge < -0.3 is 15.4 Å². The van der Waals surface area contributed by atoms with Gasteiger partial charge in [0.05, 0.1) is 17.6 Å². The number of aromatic nitrogens is 2. The van der Waals surface area contributed by atoms with Gasteiger partial charge in [-0.2, -0.15) is 0 Å². The smallest absolute Gasteiger partial charge is 0.272 e. The molecule has 6 nitrogen and oxygen atoms in total. The minimum atomic E-state index is -2.62. The maximum atomic E-state index is 12.8. The summed E-state index contributed by atoms with van der Waals surface area (Å²) in [5, 5.41) is 0.105. The van der Waals surface area contributed by atoms with Crippen molar-refractivity contribution in [3.8, 4) is 5.88 Å². The third kappa shape index (κ3) is 3.16. The number of nitrogens with two attached hydrogens (primary N) is 1. The van der Waals surface area contributed by atoms with Gasteiger partial charge in [-0.3, -0.25) is 4.79 Å². The highest BCUT2D eigenvalue weighted by atomic mass is 35.5. The Morgan fingerprint density at radius 3 is 2.77 bits per heavy atom. The molecule has 3 rings (SSSR count). The molecule has 0 saturated carbocycles. The van der Waals surface area contributed by atoms with Crippen LogP contribution in [0.4, 0.5) is 14.6 Å². The summed E-state index contributed by atoms with van der Waals surface area (Å²) in [5.74, 6) is 0.0913. The molecule has 2 aromatic rings. The number of halogens is 3. The van der Waals surface area contributed by atoms with Crippen molar-refractivity contribution < 1.29 is 18.3 Å². The second-order valence-corrected chi connectivity index (χ2v) is 6.39. The highest BCUT2D eigenvalue weighted by Gasteiger charge is 2.39. The lowest BCUT2D eigenvalue weighted by molar-refractivity contribution is 0.0658. The number of amides is 1. The molecule has 9 heteroatoms.